The van der Waals surface area contributed by atoms with Crippen LogP contribution < -0.4 is 15.8 Å². The summed E-state index contributed by atoms with van der Waals surface area (Å²) >= 11 is 0. The van der Waals surface area contributed by atoms with Crippen LogP contribution in [0.4, 0.5) is 5.69 Å². The van der Waals surface area contributed by atoms with Crippen LogP contribution in [-0.2, 0) is 6.54 Å². The highest BCUT2D eigenvalue weighted by Gasteiger charge is 2.11. The fourth-order valence-electron chi connectivity index (χ4n) is 1.39. The molecule has 0 amide bonds. The topological polar surface area (TPSA) is 47.3 Å². The molecular formula is C9H14Cl2N2O. The van der Waals surface area contributed by atoms with Gasteiger partial charge in [0.05, 0.1) is 5.69 Å². The highest BCUT2D eigenvalue weighted by Crippen LogP contribution is 2.30. The van der Waals surface area contributed by atoms with E-state index in [0.717, 1.165) is 30.2 Å². The van der Waals surface area contributed by atoms with Crippen molar-refractivity contribution in [2.24, 2.45) is 5.73 Å². The van der Waals surface area contributed by atoms with Gasteiger partial charge in [-0.2, -0.15) is 0 Å². The maximum atomic E-state index is 5.57. The van der Waals surface area contributed by atoms with Gasteiger partial charge in [0.25, 0.3) is 0 Å². The van der Waals surface area contributed by atoms with Gasteiger partial charge in [0.15, 0.2) is 0 Å². The number of nitrogens with two attached hydrogens (primary N) is 1. The van der Waals surface area contributed by atoms with Gasteiger partial charge in [-0.15, -0.1) is 24.8 Å². The Balaban J connectivity index is 0.000000845. The SMILES string of the molecule is Cl.Cl.NCc1cccc2c1OCCN2. The zero-order valence-electron chi connectivity index (χ0n) is 7.66. The molecule has 0 bridgehead atoms. The Morgan fingerprint density at radius 2 is 2.14 bits per heavy atom. The van der Waals surface area contributed by atoms with E-state index in [1.807, 2.05) is 18.2 Å². The van der Waals surface area contributed by atoms with Crippen LogP contribution in [0.2, 0.25) is 0 Å². The molecule has 0 saturated heterocycles. The number of ether oxygens (including phenoxy) is 1. The highest BCUT2D eigenvalue weighted by molar-refractivity contribution is 5.85. The summed E-state index contributed by atoms with van der Waals surface area (Å²) in [7, 11) is 0. The van der Waals surface area contributed by atoms with Crippen molar-refractivity contribution in [2.75, 3.05) is 18.5 Å². The van der Waals surface area contributed by atoms with E-state index in [9.17, 15) is 0 Å². The van der Waals surface area contributed by atoms with Gasteiger partial charge in [0.1, 0.15) is 12.4 Å². The number of anilines is 1. The number of hydrogen-bond donors (Lipinski definition) is 2. The van der Waals surface area contributed by atoms with Crippen molar-refractivity contribution in [1.82, 2.24) is 0 Å². The number of para-hydroxylation sites is 1. The van der Waals surface area contributed by atoms with E-state index in [1.165, 1.54) is 0 Å². The van der Waals surface area contributed by atoms with Gasteiger partial charge >= 0.3 is 0 Å². The first-order valence-electron chi connectivity index (χ1n) is 4.10. The number of nitrogens with one attached hydrogen (secondary N) is 1. The van der Waals surface area contributed by atoms with Gasteiger partial charge in [0.2, 0.25) is 0 Å². The van der Waals surface area contributed by atoms with Gasteiger partial charge in [-0.25, -0.2) is 0 Å². The summed E-state index contributed by atoms with van der Waals surface area (Å²) in [5.41, 5.74) is 7.69. The molecular weight excluding hydrogens is 223 g/mol. The van der Waals surface area contributed by atoms with Crippen molar-refractivity contribution in [3.05, 3.63) is 23.8 Å². The Hall–Kier alpha value is -0.640. The number of benzene rings is 1. The summed E-state index contributed by atoms with van der Waals surface area (Å²) in [4.78, 5) is 0. The lowest BCUT2D eigenvalue weighted by Gasteiger charge is -2.21. The van der Waals surface area contributed by atoms with Crippen molar-refractivity contribution in [1.29, 1.82) is 0 Å². The van der Waals surface area contributed by atoms with Crippen LogP contribution >= 0.6 is 24.8 Å². The molecule has 80 valence electrons. The first kappa shape index (κ1) is 13.4. The molecule has 1 aliphatic rings. The summed E-state index contributed by atoms with van der Waals surface area (Å²) in [6.07, 6.45) is 0. The predicted molar refractivity (Wildman–Crippen MR) is 62.8 cm³/mol. The summed E-state index contributed by atoms with van der Waals surface area (Å²) in [6.45, 7) is 2.13. The molecule has 3 nitrogen and oxygen atoms in total. The molecule has 3 N–H and O–H groups in total. The minimum Gasteiger partial charge on any atom is -0.489 e. The Morgan fingerprint density at radius 1 is 1.36 bits per heavy atom. The molecule has 1 heterocycles. The largest absolute Gasteiger partial charge is 0.489 e. The van der Waals surface area contributed by atoms with E-state index < -0.39 is 0 Å². The van der Waals surface area contributed by atoms with Gasteiger partial charge < -0.3 is 15.8 Å². The van der Waals surface area contributed by atoms with Gasteiger partial charge in [-0.05, 0) is 6.07 Å². The van der Waals surface area contributed by atoms with Gasteiger partial charge in [0, 0.05) is 18.7 Å². The third-order valence-corrected chi connectivity index (χ3v) is 1.98. The summed E-state index contributed by atoms with van der Waals surface area (Å²) in [5, 5.41) is 3.26. The van der Waals surface area contributed by atoms with E-state index in [4.69, 9.17) is 10.5 Å². The quantitative estimate of drug-likeness (QED) is 0.782. The minimum absolute atomic E-state index is 0. The van der Waals surface area contributed by atoms with E-state index in [2.05, 4.69) is 5.32 Å². The lowest BCUT2D eigenvalue weighted by atomic mass is 10.1. The van der Waals surface area contributed by atoms with Crippen LogP contribution in [0, 0.1) is 0 Å². The maximum absolute atomic E-state index is 5.57. The van der Waals surface area contributed by atoms with Crippen molar-refractivity contribution < 1.29 is 4.74 Å². The molecule has 0 fully saturated rings. The standard InChI is InChI=1S/C9H12N2O.2ClH/c10-6-7-2-1-3-8-9(7)12-5-4-11-8;;/h1-3,11H,4-6,10H2;2*1H. The third kappa shape index (κ3) is 2.44. The monoisotopic (exact) mass is 236 g/mol. The second-order valence-corrected chi connectivity index (χ2v) is 2.77. The van der Waals surface area contributed by atoms with E-state index in [0.29, 0.717) is 6.54 Å². The normalized spacial score (nSPS) is 12.4. The number of fused-ring (bicyclic) bond motifs is 1. The van der Waals surface area contributed by atoms with Crippen molar-refractivity contribution >= 4 is 30.5 Å². The molecule has 0 unspecified atom stereocenters. The molecule has 0 aliphatic carbocycles. The fraction of sp³-hybridized carbons (Fsp3) is 0.333. The molecule has 14 heavy (non-hydrogen) atoms. The molecule has 0 radical (unpaired) electrons. The average molecular weight is 237 g/mol. The van der Waals surface area contributed by atoms with Crippen LogP contribution in [-0.4, -0.2) is 13.2 Å². The molecule has 0 spiro atoms. The molecule has 0 aromatic heterocycles. The Kier molecular flexibility index (Phi) is 5.69. The average Bonchev–Trinajstić information content (AvgIpc) is 2.17. The fourth-order valence-corrected chi connectivity index (χ4v) is 1.39. The lowest BCUT2D eigenvalue weighted by molar-refractivity contribution is 0.320. The predicted octanol–water partition coefficient (Wildman–Crippen LogP) is 1.79. The molecule has 1 aromatic carbocycles. The lowest BCUT2D eigenvalue weighted by Crippen LogP contribution is -2.19. The van der Waals surface area contributed by atoms with Crippen LogP contribution in [0.5, 0.6) is 5.75 Å². The van der Waals surface area contributed by atoms with Crippen LogP contribution in [0.1, 0.15) is 5.56 Å². The summed E-state index contributed by atoms with van der Waals surface area (Å²) in [6, 6.07) is 5.99. The highest BCUT2D eigenvalue weighted by atomic mass is 35.5. The van der Waals surface area contributed by atoms with Crippen molar-refractivity contribution in [3.63, 3.8) is 0 Å². The maximum Gasteiger partial charge on any atom is 0.146 e. The molecule has 5 heteroatoms. The number of rotatable bonds is 1. The second-order valence-electron chi connectivity index (χ2n) is 2.77. The van der Waals surface area contributed by atoms with Crippen molar-refractivity contribution in [3.8, 4) is 5.75 Å². The van der Waals surface area contributed by atoms with Gasteiger partial charge in [-0.3, -0.25) is 0 Å². The summed E-state index contributed by atoms with van der Waals surface area (Å²) in [5.74, 6) is 0.922. The van der Waals surface area contributed by atoms with E-state index in [1.54, 1.807) is 0 Å². The number of hydrogen-bond acceptors (Lipinski definition) is 3. The van der Waals surface area contributed by atoms with Crippen LogP contribution in [0.15, 0.2) is 18.2 Å². The minimum atomic E-state index is 0. The number of halogens is 2. The molecule has 0 atom stereocenters. The third-order valence-electron chi connectivity index (χ3n) is 1.98. The zero-order chi connectivity index (χ0) is 8.39. The van der Waals surface area contributed by atoms with E-state index in [-0.39, 0.29) is 24.8 Å². The Bertz CT molecular complexity index is 280. The Morgan fingerprint density at radius 3 is 2.86 bits per heavy atom. The van der Waals surface area contributed by atoms with Crippen LogP contribution in [0.25, 0.3) is 0 Å². The molecule has 1 aliphatic heterocycles. The van der Waals surface area contributed by atoms with Gasteiger partial charge in [-0.1, -0.05) is 12.1 Å². The second kappa shape index (κ2) is 5.96. The first-order valence-corrected chi connectivity index (χ1v) is 4.10. The zero-order valence-corrected chi connectivity index (χ0v) is 9.29. The van der Waals surface area contributed by atoms with Crippen LogP contribution in [0.3, 0.4) is 0 Å². The summed E-state index contributed by atoms with van der Waals surface area (Å²) < 4.78 is 5.50. The smallest absolute Gasteiger partial charge is 0.146 e. The molecule has 0 saturated carbocycles. The Labute approximate surface area is 95.8 Å². The van der Waals surface area contributed by atoms with E-state index >= 15 is 0 Å². The molecule has 2 rings (SSSR count). The molecule has 1 aromatic rings. The first-order chi connectivity index (χ1) is 5.92. The van der Waals surface area contributed by atoms with Crippen molar-refractivity contribution in [2.45, 2.75) is 6.54 Å².